The number of nitrogens with zero attached hydrogens (tertiary/aromatic N) is 2. The minimum Gasteiger partial charge on any atom is -0.407 e. The molecule has 2 atom stereocenters. The first-order valence-corrected chi connectivity index (χ1v) is 11.8. The Kier molecular flexibility index (Phi) is 6.37. The zero-order chi connectivity index (χ0) is 23.0. The molecular weight excluding hydrogens is 457 g/mol. The van der Waals surface area contributed by atoms with Gasteiger partial charge < -0.3 is 24.5 Å². The largest absolute Gasteiger partial charge is 0.414 e. The molecule has 3 rings (SSSR count). The molecule has 1 aliphatic rings. The van der Waals surface area contributed by atoms with Crippen molar-refractivity contribution in [3.63, 3.8) is 0 Å². The molecule has 1 amide bonds. The molecule has 1 aromatic carbocycles. The number of halogens is 1. The molecule has 31 heavy (non-hydrogen) atoms. The summed E-state index contributed by atoms with van der Waals surface area (Å²) >= 11 is 0. The van der Waals surface area contributed by atoms with Crippen LogP contribution in [0.5, 0.6) is 5.75 Å². The van der Waals surface area contributed by atoms with Crippen molar-refractivity contribution in [1.82, 2.24) is 9.88 Å². The summed E-state index contributed by atoms with van der Waals surface area (Å²) in [5.74, 6) is -1.51. The van der Waals surface area contributed by atoms with Crippen LogP contribution in [0.15, 0.2) is 42.7 Å². The van der Waals surface area contributed by atoms with E-state index >= 15 is 0 Å². The van der Waals surface area contributed by atoms with Gasteiger partial charge in [-0.25, -0.2) is 9.18 Å². The van der Waals surface area contributed by atoms with Crippen LogP contribution in [0.1, 0.15) is 17.4 Å². The number of pyridine rings is 1. The van der Waals surface area contributed by atoms with E-state index < -0.39 is 50.6 Å². The van der Waals surface area contributed by atoms with E-state index in [0.717, 1.165) is 23.1 Å². The fourth-order valence-corrected chi connectivity index (χ4v) is 6.22. The van der Waals surface area contributed by atoms with Gasteiger partial charge in [0.2, 0.25) is 6.29 Å². The lowest BCUT2D eigenvalue weighted by Gasteiger charge is -2.41. The van der Waals surface area contributed by atoms with E-state index in [9.17, 15) is 33.2 Å². The Morgan fingerprint density at radius 2 is 1.90 bits per heavy atom. The molecule has 2 unspecified atom stereocenters. The van der Waals surface area contributed by atoms with Crippen LogP contribution in [0.2, 0.25) is 0 Å². The number of aromatic nitrogens is 1. The predicted octanol–water partition coefficient (Wildman–Crippen LogP) is 2.59. The van der Waals surface area contributed by atoms with Crippen LogP contribution < -0.4 is 4.74 Å². The Morgan fingerprint density at radius 1 is 1.26 bits per heavy atom. The topological polar surface area (TPSA) is 156 Å². The minimum absolute atomic E-state index is 0.178. The van der Waals surface area contributed by atoms with Crippen molar-refractivity contribution < 1.29 is 47.0 Å². The molecule has 0 saturated carbocycles. The van der Waals surface area contributed by atoms with Crippen molar-refractivity contribution in [2.75, 3.05) is 14.1 Å². The molecule has 1 saturated heterocycles. The van der Waals surface area contributed by atoms with E-state index in [2.05, 4.69) is 4.98 Å². The van der Waals surface area contributed by atoms with Crippen LogP contribution in [-0.4, -0.2) is 50.0 Å². The standard InChI is InChI=1S/C17H19FN2O9P2/c1-20(2)16(21)27-14-6-5-12(8-13(14)18)15-28-30(23,24)17(22,31(25,26)29-15)9-11-4-3-7-19-10-11/h3-8,10,15,22H,9H2,1-2H3,(H,23,24)(H,25,26). The molecule has 0 aliphatic carbocycles. The second kappa shape index (κ2) is 8.40. The van der Waals surface area contributed by atoms with Gasteiger partial charge in [0.05, 0.1) is 0 Å². The van der Waals surface area contributed by atoms with Crippen LogP contribution in [0, 0.1) is 5.82 Å². The molecule has 1 fully saturated rings. The highest BCUT2D eigenvalue weighted by atomic mass is 31.2. The average Bonchev–Trinajstić information content (AvgIpc) is 2.68. The Bertz CT molecular complexity index is 1060. The van der Waals surface area contributed by atoms with Crippen LogP contribution >= 0.6 is 15.2 Å². The highest BCUT2D eigenvalue weighted by molar-refractivity contribution is 7.73. The van der Waals surface area contributed by atoms with Gasteiger partial charge in [0, 0.05) is 38.5 Å². The summed E-state index contributed by atoms with van der Waals surface area (Å²) in [6.07, 6.45) is -0.926. The third-order valence-corrected chi connectivity index (χ3v) is 8.93. The molecule has 2 aromatic rings. The number of amides is 1. The number of carbonyl (C=O) groups excluding carboxylic acids is 1. The van der Waals surface area contributed by atoms with Crippen LogP contribution in [0.4, 0.5) is 9.18 Å². The summed E-state index contributed by atoms with van der Waals surface area (Å²) in [5, 5.41) is 7.49. The van der Waals surface area contributed by atoms with Crippen molar-refractivity contribution in [2.45, 2.75) is 17.8 Å². The maximum Gasteiger partial charge on any atom is 0.414 e. The van der Waals surface area contributed by atoms with Gasteiger partial charge in [-0.1, -0.05) is 12.1 Å². The molecule has 14 heteroatoms. The van der Waals surface area contributed by atoms with Gasteiger partial charge in [0.25, 0.3) is 5.08 Å². The first-order chi connectivity index (χ1) is 14.4. The smallest absolute Gasteiger partial charge is 0.407 e. The van der Waals surface area contributed by atoms with Crippen molar-refractivity contribution in [3.8, 4) is 5.75 Å². The van der Waals surface area contributed by atoms with Crippen LogP contribution in [0.3, 0.4) is 0 Å². The lowest BCUT2D eigenvalue weighted by Crippen LogP contribution is -2.37. The van der Waals surface area contributed by atoms with E-state index in [1.54, 1.807) is 0 Å². The number of ether oxygens (including phenoxy) is 1. The second-order valence-electron chi connectivity index (χ2n) is 6.85. The van der Waals surface area contributed by atoms with E-state index in [4.69, 9.17) is 13.8 Å². The first kappa shape index (κ1) is 23.5. The number of rotatable bonds is 4. The van der Waals surface area contributed by atoms with Crippen molar-refractivity contribution in [2.24, 2.45) is 0 Å². The maximum absolute atomic E-state index is 14.3. The van der Waals surface area contributed by atoms with Crippen molar-refractivity contribution in [3.05, 3.63) is 59.7 Å². The predicted molar refractivity (Wildman–Crippen MR) is 104 cm³/mol. The zero-order valence-corrected chi connectivity index (χ0v) is 18.1. The fraction of sp³-hybridized carbons (Fsp3) is 0.294. The van der Waals surface area contributed by atoms with E-state index in [-0.39, 0.29) is 11.1 Å². The van der Waals surface area contributed by atoms with Crippen molar-refractivity contribution in [1.29, 1.82) is 0 Å². The quantitative estimate of drug-likeness (QED) is 0.561. The fourth-order valence-electron chi connectivity index (χ4n) is 2.64. The van der Waals surface area contributed by atoms with Crippen LogP contribution in [0.25, 0.3) is 0 Å². The molecule has 1 aliphatic heterocycles. The highest BCUT2D eigenvalue weighted by Gasteiger charge is 2.67. The minimum atomic E-state index is -5.20. The third kappa shape index (κ3) is 4.56. The summed E-state index contributed by atoms with van der Waals surface area (Å²) in [6.45, 7) is 0. The number of hydrogen-bond donors (Lipinski definition) is 3. The van der Waals surface area contributed by atoms with Gasteiger partial charge in [-0.05, 0) is 23.8 Å². The normalized spacial score (nSPS) is 30.6. The van der Waals surface area contributed by atoms with Crippen LogP contribution in [-0.2, 0) is 24.6 Å². The van der Waals surface area contributed by atoms with Gasteiger partial charge in [0.1, 0.15) is 0 Å². The first-order valence-electron chi connectivity index (χ1n) is 8.69. The summed E-state index contributed by atoms with van der Waals surface area (Å²) in [7, 11) is -7.63. The zero-order valence-electron chi connectivity index (χ0n) is 16.3. The Morgan fingerprint density at radius 3 is 2.42 bits per heavy atom. The van der Waals surface area contributed by atoms with Gasteiger partial charge >= 0.3 is 21.3 Å². The lowest BCUT2D eigenvalue weighted by atomic mass is 10.2. The molecule has 0 bridgehead atoms. The molecule has 1 aromatic heterocycles. The number of carbonyl (C=O) groups is 1. The third-order valence-electron chi connectivity index (χ3n) is 4.34. The van der Waals surface area contributed by atoms with Gasteiger partial charge in [0.15, 0.2) is 11.6 Å². The summed E-state index contributed by atoms with van der Waals surface area (Å²) in [4.78, 5) is 37.0. The molecule has 2 heterocycles. The summed E-state index contributed by atoms with van der Waals surface area (Å²) < 4.78 is 54.4. The van der Waals surface area contributed by atoms with E-state index in [1.165, 1.54) is 38.6 Å². The number of benzene rings is 1. The lowest BCUT2D eigenvalue weighted by molar-refractivity contribution is -0.0580. The SMILES string of the molecule is CN(C)C(=O)Oc1ccc(C2OP(=O)(O)C(O)(Cc3cccnc3)P(=O)(O)O2)cc1F. The van der Waals surface area contributed by atoms with Crippen molar-refractivity contribution >= 4 is 21.3 Å². The Hall–Kier alpha value is -2.17. The summed E-state index contributed by atoms with van der Waals surface area (Å²) in [6, 6.07) is 5.75. The Balaban J connectivity index is 1.88. The molecule has 0 spiro atoms. The van der Waals surface area contributed by atoms with E-state index in [1.807, 2.05) is 0 Å². The molecule has 3 N–H and O–H groups in total. The molecular formula is C17H19FN2O9P2. The summed E-state index contributed by atoms with van der Waals surface area (Å²) in [5.41, 5.74) is -0.0774. The second-order valence-corrected chi connectivity index (χ2v) is 11.2. The average molecular weight is 476 g/mol. The number of hydrogen-bond acceptors (Lipinski definition) is 8. The molecule has 168 valence electrons. The Labute approximate surface area is 176 Å². The molecule has 0 radical (unpaired) electrons. The maximum atomic E-state index is 14.3. The highest BCUT2D eigenvalue weighted by Crippen LogP contribution is 2.79. The van der Waals surface area contributed by atoms with Gasteiger partial charge in [-0.3, -0.25) is 23.2 Å². The number of aliphatic hydroxyl groups is 1. The van der Waals surface area contributed by atoms with Gasteiger partial charge in [-0.2, -0.15) is 0 Å². The van der Waals surface area contributed by atoms with E-state index in [0.29, 0.717) is 0 Å². The molecule has 11 nitrogen and oxygen atoms in total. The monoisotopic (exact) mass is 476 g/mol. The van der Waals surface area contributed by atoms with Gasteiger partial charge in [-0.15, -0.1) is 0 Å².